The predicted molar refractivity (Wildman–Crippen MR) is 121 cm³/mol. The molecule has 3 aromatic rings. The van der Waals surface area contributed by atoms with Gasteiger partial charge >= 0.3 is 6.18 Å². The molecule has 11 heteroatoms. The third kappa shape index (κ3) is 5.67. The number of rotatable bonds is 6. The van der Waals surface area contributed by atoms with Crippen LogP contribution in [0.5, 0.6) is 0 Å². The number of nitrogens with zero attached hydrogens (tertiary/aromatic N) is 4. The number of anilines is 1. The highest BCUT2D eigenvalue weighted by atomic mass is 35.5. The van der Waals surface area contributed by atoms with Crippen molar-refractivity contribution in [2.75, 3.05) is 11.1 Å². The molecule has 1 fully saturated rings. The highest BCUT2D eigenvalue weighted by molar-refractivity contribution is 7.99. The minimum absolute atomic E-state index is 0.0340. The Hall–Kier alpha value is -2.59. The predicted octanol–water partition coefficient (Wildman–Crippen LogP) is 6.25. The zero-order valence-electron chi connectivity index (χ0n) is 17.5. The average molecular weight is 496 g/mol. The lowest BCUT2D eigenvalue weighted by Crippen LogP contribution is -2.18. The van der Waals surface area contributed by atoms with Gasteiger partial charge in [-0.3, -0.25) is 14.3 Å². The molecule has 1 aromatic carbocycles. The molecule has 0 bridgehead atoms. The Morgan fingerprint density at radius 3 is 2.55 bits per heavy atom. The van der Waals surface area contributed by atoms with Crippen molar-refractivity contribution in [2.24, 2.45) is 0 Å². The van der Waals surface area contributed by atoms with Crippen LogP contribution in [0.4, 0.5) is 18.9 Å². The van der Waals surface area contributed by atoms with Crippen LogP contribution in [0.3, 0.4) is 0 Å². The van der Waals surface area contributed by atoms with Crippen molar-refractivity contribution in [1.29, 1.82) is 0 Å². The third-order valence-corrected chi connectivity index (χ3v) is 6.72. The maximum absolute atomic E-state index is 13.0. The zero-order valence-corrected chi connectivity index (χ0v) is 19.1. The van der Waals surface area contributed by atoms with E-state index in [1.54, 1.807) is 12.4 Å². The van der Waals surface area contributed by atoms with E-state index in [1.807, 2.05) is 12.1 Å². The monoisotopic (exact) mass is 495 g/mol. The molecule has 0 saturated heterocycles. The molecule has 1 aliphatic rings. The fourth-order valence-corrected chi connectivity index (χ4v) is 4.83. The van der Waals surface area contributed by atoms with Crippen molar-refractivity contribution in [2.45, 2.75) is 49.5 Å². The Kier molecular flexibility index (Phi) is 7.23. The van der Waals surface area contributed by atoms with Crippen molar-refractivity contribution >= 4 is 35.0 Å². The fraction of sp³-hybridized carbons (Fsp3) is 0.364. The summed E-state index contributed by atoms with van der Waals surface area (Å²) in [5.74, 6) is 0.186. The van der Waals surface area contributed by atoms with E-state index >= 15 is 0 Å². The lowest BCUT2D eigenvalue weighted by Gasteiger charge is -2.25. The Morgan fingerprint density at radius 1 is 1.12 bits per heavy atom. The van der Waals surface area contributed by atoms with Crippen LogP contribution in [-0.4, -0.2) is 31.4 Å². The van der Waals surface area contributed by atoms with E-state index in [2.05, 4.69) is 25.1 Å². The number of hydrogen-bond acceptors (Lipinski definition) is 5. The summed E-state index contributed by atoms with van der Waals surface area (Å²) >= 11 is 7.18. The zero-order chi connectivity index (χ0) is 23.4. The molecule has 33 heavy (non-hydrogen) atoms. The highest BCUT2D eigenvalue weighted by Gasteiger charge is 2.31. The number of hydrogen-bond donors (Lipinski definition) is 1. The second-order valence-corrected chi connectivity index (χ2v) is 9.08. The van der Waals surface area contributed by atoms with Gasteiger partial charge in [0.25, 0.3) is 0 Å². The molecule has 1 amide bonds. The topological polar surface area (TPSA) is 72.7 Å². The van der Waals surface area contributed by atoms with Crippen molar-refractivity contribution in [3.63, 3.8) is 0 Å². The number of aromatic nitrogens is 4. The van der Waals surface area contributed by atoms with Gasteiger partial charge in [-0.15, -0.1) is 10.2 Å². The highest BCUT2D eigenvalue weighted by Crippen LogP contribution is 2.36. The number of halogens is 4. The molecule has 2 aromatic heterocycles. The van der Waals surface area contributed by atoms with E-state index in [9.17, 15) is 18.0 Å². The van der Waals surface area contributed by atoms with E-state index in [-0.39, 0.29) is 22.5 Å². The Labute approximate surface area is 198 Å². The minimum atomic E-state index is -4.53. The summed E-state index contributed by atoms with van der Waals surface area (Å²) < 4.78 is 41.0. The van der Waals surface area contributed by atoms with Crippen LogP contribution in [0.1, 0.15) is 43.7 Å². The first-order valence-corrected chi connectivity index (χ1v) is 11.8. The quantitative estimate of drug-likeness (QED) is 0.409. The lowest BCUT2D eigenvalue weighted by atomic mass is 9.95. The summed E-state index contributed by atoms with van der Waals surface area (Å²) in [4.78, 5) is 16.6. The molecule has 0 radical (unpaired) electrons. The van der Waals surface area contributed by atoms with Gasteiger partial charge in [0.05, 0.1) is 22.0 Å². The molecule has 1 aliphatic carbocycles. The Balaban J connectivity index is 1.51. The first-order chi connectivity index (χ1) is 15.8. The lowest BCUT2D eigenvalue weighted by molar-refractivity contribution is -0.137. The molecule has 4 rings (SSSR count). The van der Waals surface area contributed by atoms with Gasteiger partial charge in [0.2, 0.25) is 5.91 Å². The molecule has 1 saturated carbocycles. The van der Waals surface area contributed by atoms with Crippen LogP contribution in [-0.2, 0) is 11.0 Å². The van der Waals surface area contributed by atoms with E-state index in [4.69, 9.17) is 11.6 Å². The van der Waals surface area contributed by atoms with E-state index in [0.29, 0.717) is 11.0 Å². The molecule has 0 atom stereocenters. The van der Waals surface area contributed by atoms with E-state index in [1.165, 1.54) is 18.2 Å². The first kappa shape index (κ1) is 23.6. The maximum atomic E-state index is 13.0. The Morgan fingerprint density at radius 2 is 1.85 bits per heavy atom. The van der Waals surface area contributed by atoms with Crippen LogP contribution < -0.4 is 5.32 Å². The fourth-order valence-electron chi connectivity index (χ4n) is 3.86. The van der Waals surface area contributed by atoms with Crippen molar-refractivity contribution in [3.8, 4) is 11.4 Å². The molecule has 1 N–H and O–H groups in total. The Bertz CT molecular complexity index is 1120. The number of carbonyl (C=O) groups excluding carboxylic acids is 1. The largest absolute Gasteiger partial charge is 0.416 e. The van der Waals surface area contributed by atoms with Crippen LogP contribution in [0, 0.1) is 0 Å². The number of amides is 1. The smallest absolute Gasteiger partial charge is 0.324 e. The van der Waals surface area contributed by atoms with Crippen molar-refractivity contribution in [3.05, 3.63) is 53.3 Å². The summed E-state index contributed by atoms with van der Waals surface area (Å²) in [6.45, 7) is 0. The summed E-state index contributed by atoms with van der Waals surface area (Å²) in [6.07, 6.45) is 4.24. The number of nitrogens with one attached hydrogen (secondary N) is 1. The average Bonchev–Trinajstić information content (AvgIpc) is 3.23. The van der Waals surface area contributed by atoms with Gasteiger partial charge in [0.1, 0.15) is 0 Å². The maximum Gasteiger partial charge on any atom is 0.416 e. The first-order valence-electron chi connectivity index (χ1n) is 10.5. The summed E-state index contributed by atoms with van der Waals surface area (Å²) in [5, 5.41) is 11.8. The number of carbonyl (C=O) groups is 1. The van der Waals surface area contributed by atoms with Gasteiger partial charge in [-0.1, -0.05) is 42.6 Å². The third-order valence-electron chi connectivity index (χ3n) is 5.44. The molecule has 2 heterocycles. The second kappa shape index (κ2) is 10.1. The van der Waals surface area contributed by atoms with Gasteiger partial charge in [-0.2, -0.15) is 13.2 Å². The number of thioether (sulfide) groups is 1. The standard InChI is InChI=1S/C22H21ClF3N5OS/c23-17-7-6-15(22(24,25)26)12-18(17)28-19(32)13-33-21-30-29-20(14-8-10-27-11-9-14)31(21)16-4-2-1-3-5-16/h6-12,16H,1-5,13H2,(H,28,32). The van der Waals surface area contributed by atoms with E-state index < -0.39 is 17.6 Å². The second-order valence-electron chi connectivity index (χ2n) is 7.73. The minimum Gasteiger partial charge on any atom is -0.324 e. The van der Waals surface area contributed by atoms with Gasteiger partial charge in [0.15, 0.2) is 11.0 Å². The molecular weight excluding hydrogens is 475 g/mol. The van der Waals surface area contributed by atoms with Gasteiger partial charge in [-0.25, -0.2) is 0 Å². The SMILES string of the molecule is O=C(CSc1nnc(-c2ccncc2)n1C1CCCCC1)Nc1cc(C(F)(F)F)ccc1Cl. The van der Waals surface area contributed by atoms with Gasteiger partial charge in [-0.05, 0) is 43.2 Å². The summed E-state index contributed by atoms with van der Waals surface area (Å²) in [5.41, 5.74) is -0.0766. The molecule has 0 unspecified atom stereocenters. The molecule has 174 valence electrons. The van der Waals surface area contributed by atoms with Gasteiger partial charge in [0, 0.05) is 24.0 Å². The number of pyridine rings is 1. The number of benzene rings is 1. The van der Waals surface area contributed by atoms with Crippen LogP contribution >= 0.6 is 23.4 Å². The van der Waals surface area contributed by atoms with Crippen LogP contribution in [0.15, 0.2) is 47.9 Å². The summed E-state index contributed by atoms with van der Waals surface area (Å²) in [7, 11) is 0. The van der Waals surface area contributed by atoms with Crippen molar-refractivity contribution in [1.82, 2.24) is 19.7 Å². The molecule has 6 nitrogen and oxygen atoms in total. The van der Waals surface area contributed by atoms with E-state index in [0.717, 1.165) is 49.4 Å². The number of alkyl halides is 3. The molecule has 0 aliphatic heterocycles. The normalized spacial score (nSPS) is 14.9. The van der Waals surface area contributed by atoms with Gasteiger partial charge < -0.3 is 5.32 Å². The summed E-state index contributed by atoms with van der Waals surface area (Å²) in [6, 6.07) is 6.77. The molecular formula is C22H21ClF3N5OS. The van der Waals surface area contributed by atoms with Crippen LogP contribution in [0.2, 0.25) is 5.02 Å². The van der Waals surface area contributed by atoms with Crippen LogP contribution in [0.25, 0.3) is 11.4 Å². The molecule has 0 spiro atoms. The van der Waals surface area contributed by atoms with Crippen molar-refractivity contribution < 1.29 is 18.0 Å².